The van der Waals surface area contributed by atoms with Crippen LogP contribution in [0.1, 0.15) is 44.6 Å². The van der Waals surface area contributed by atoms with Gasteiger partial charge in [0, 0.05) is 17.2 Å². The monoisotopic (exact) mass is 323 g/mol. The van der Waals surface area contributed by atoms with Gasteiger partial charge in [-0.3, -0.25) is 4.79 Å². The smallest absolute Gasteiger partial charge is 0.227 e. The average Bonchev–Trinajstić information content (AvgIpc) is 3.02. The average molecular weight is 323 g/mol. The standard InChI is InChI=1S/C18H21N5O/c24-18(16-9-11-4-5-12(16)8-11)19-14-3-1-2-13(10-14)17-20-21-22-23(17)15-6-7-15/h1-3,10-12,15-16H,4-9H2,(H,19,24). The van der Waals surface area contributed by atoms with Crippen LogP contribution in [0.15, 0.2) is 24.3 Å². The molecule has 6 heteroatoms. The normalized spacial score (nSPS) is 28.2. The van der Waals surface area contributed by atoms with Crippen LogP contribution in [0.25, 0.3) is 11.4 Å². The molecule has 6 nitrogen and oxygen atoms in total. The summed E-state index contributed by atoms with van der Waals surface area (Å²) in [4.78, 5) is 12.6. The first-order valence-electron chi connectivity index (χ1n) is 8.97. The van der Waals surface area contributed by atoms with E-state index in [0.717, 1.165) is 42.3 Å². The van der Waals surface area contributed by atoms with Crippen molar-refractivity contribution in [2.45, 2.75) is 44.6 Å². The zero-order valence-corrected chi connectivity index (χ0v) is 13.6. The van der Waals surface area contributed by atoms with E-state index in [9.17, 15) is 4.79 Å². The Labute approximate surface area is 140 Å². The minimum Gasteiger partial charge on any atom is -0.326 e. The van der Waals surface area contributed by atoms with Crippen LogP contribution in [-0.2, 0) is 4.79 Å². The number of tetrazole rings is 1. The third-order valence-electron chi connectivity index (χ3n) is 5.85. The second-order valence-corrected chi connectivity index (χ2v) is 7.53. The summed E-state index contributed by atoms with van der Waals surface area (Å²) in [5.41, 5.74) is 1.79. The number of fused-ring (bicyclic) bond motifs is 2. The van der Waals surface area contributed by atoms with Crippen molar-refractivity contribution in [1.29, 1.82) is 0 Å². The Morgan fingerprint density at radius 2 is 2.08 bits per heavy atom. The topological polar surface area (TPSA) is 72.7 Å². The van der Waals surface area contributed by atoms with Gasteiger partial charge < -0.3 is 5.32 Å². The second-order valence-electron chi connectivity index (χ2n) is 7.53. The first-order valence-corrected chi connectivity index (χ1v) is 8.97. The van der Waals surface area contributed by atoms with Gasteiger partial charge in [0.1, 0.15) is 0 Å². The fourth-order valence-corrected chi connectivity index (χ4v) is 4.49. The Morgan fingerprint density at radius 3 is 2.83 bits per heavy atom. The van der Waals surface area contributed by atoms with Crippen LogP contribution in [-0.4, -0.2) is 26.1 Å². The molecule has 2 aromatic rings. The van der Waals surface area contributed by atoms with Gasteiger partial charge in [0.25, 0.3) is 0 Å². The SMILES string of the molecule is O=C(Nc1cccc(-c2nnnn2C2CC2)c1)C1CC2CCC1C2. The number of rotatable bonds is 4. The van der Waals surface area contributed by atoms with Crippen molar-refractivity contribution >= 4 is 11.6 Å². The molecule has 0 radical (unpaired) electrons. The van der Waals surface area contributed by atoms with Crippen LogP contribution in [0, 0.1) is 17.8 Å². The van der Waals surface area contributed by atoms with E-state index in [4.69, 9.17) is 0 Å². The number of carbonyl (C=O) groups excluding carboxylic acids is 1. The Morgan fingerprint density at radius 1 is 1.17 bits per heavy atom. The van der Waals surface area contributed by atoms with Gasteiger partial charge in [0.05, 0.1) is 6.04 Å². The van der Waals surface area contributed by atoms with Crippen LogP contribution in [0.4, 0.5) is 5.69 Å². The fourth-order valence-electron chi connectivity index (χ4n) is 4.49. The number of nitrogens with one attached hydrogen (secondary N) is 1. The molecule has 3 fully saturated rings. The lowest BCUT2D eigenvalue weighted by Crippen LogP contribution is -2.27. The van der Waals surface area contributed by atoms with Gasteiger partial charge in [0.15, 0.2) is 5.82 Å². The molecule has 3 aliphatic rings. The van der Waals surface area contributed by atoms with Crippen molar-refractivity contribution < 1.29 is 4.79 Å². The van der Waals surface area contributed by atoms with E-state index < -0.39 is 0 Å². The third-order valence-corrected chi connectivity index (χ3v) is 5.85. The van der Waals surface area contributed by atoms with E-state index in [1.165, 1.54) is 19.3 Å². The molecule has 1 aromatic heterocycles. The molecule has 0 spiro atoms. The Kier molecular flexibility index (Phi) is 3.18. The predicted molar refractivity (Wildman–Crippen MR) is 89.1 cm³/mol. The molecule has 5 rings (SSSR count). The van der Waals surface area contributed by atoms with Crippen LogP contribution in [0.5, 0.6) is 0 Å². The van der Waals surface area contributed by atoms with E-state index in [2.05, 4.69) is 20.8 Å². The van der Waals surface area contributed by atoms with E-state index in [1.807, 2.05) is 28.9 Å². The largest absolute Gasteiger partial charge is 0.326 e. The number of hydrogen-bond acceptors (Lipinski definition) is 4. The lowest BCUT2D eigenvalue weighted by atomic mass is 9.88. The van der Waals surface area contributed by atoms with Gasteiger partial charge in [-0.2, -0.15) is 0 Å². The van der Waals surface area contributed by atoms with Crippen LogP contribution >= 0.6 is 0 Å². The zero-order valence-electron chi connectivity index (χ0n) is 13.6. The van der Waals surface area contributed by atoms with Crippen molar-refractivity contribution in [2.75, 3.05) is 5.32 Å². The number of benzene rings is 1. The van der Waals surface area contributed by atoms with Crippen molar-refractivity contribution in [3.63, 3.8) is 0 Å². The summed E-state index contributed by atoms with van der Waals surface area (Å²) in [6.07, 6.45) is 7.12. The molecule has 1 N–H and O–H groups in total. The Bertz CT molecular complexity index is 781. The molecule has 3 atom stereocenters. The Balaban J connectivity index is 1.35. The van der Waals surface area contributed by atoms with Crippen molar-refractivity contribution in [2.24, 2.45) is 17.8 Å². The highest BCUT2D eigenvalue weighted by Gasteiger charge is 2.43. The molecule has 0 aliphatic heterocycles. The number of aromatic nitrogens is 4. The lowest BCUT2D eigenvalue weighted by molar-refractivity contribution is -0.121. The number of carbonyl (C=O) groups is 1. The first kappa shape index (κ1) is 14.1. The van der Waals surface area contributed by atoms with Gasteiger partial charge in [-0.1, -0.05) is 18.6 Å². The van der Waals surface area contributed by atoms with E-state index in [-0.39, 0.29) is 11.8 Å². The highest BCUT2D eigenvalue weighted by molar-refractivity contribution is 5.93. The van der Waals surface area contributed by atoms with Gasteiger partial charge in [-0.15, -0.1) is 5.10 Å². The van der Waals surface area contributed by atoms with Gasteiger partial charge in [-0.25, -0.2) is 4.68 Å². The molecule has 24 heavy (non-hydrogen) atoms. The van der Waals surface area contributed by atoms with Crippen LogP contribution in [0.3, 0.4) is 0 Å². The number of hydrogen-bond donors (Lipinski definition) is 1. The highest BCUT2D eigenvalue weighted by atomic mass is 16.1. The summed E-state index contributed by atoms with van der Waals surface area (Å²) in [7, 11) is 0. The minimum absolute atomic E-state index is 0.182. The summed E-state index contributed by atoms with van der Waals surface area (Å²) in [6.45, 7) is 0. The summed E-state index contributed by atoms with van der Waals surface area (Å²) < 4.78 is 1.90. The van der Waals surface area contributed by atoms with E-state index in [0.29, 0.717) is 12.0 Å². The third kappa shape index (κ3) is 2.41. The van der Waals surface area contributed by atoms with Gasteiger partial charge in [-0.05, 0) is 66.5 Å². The highest BCUT2D eigenvalue weighted by Crippen LogP contribution is 2.48. The summed E-state index contributed by atoms with van der Waals surface area (Å²) in [5, 5.41) is 15.2. The summed E-state index contributed by atoms with van der Waals surface area (Å²) in [6, 6.07) is 8.31. The van der Waals surface area contributed by atoms with Gasteiger partial charge in [0.2, 0.25) is 5.91 Å². The maximum atomic E-state index is 12.6. The molecule has 0 saturated heterocycles. The maximum Gasteiger partial charge on any atom is 0.227 e. The van der Waals surface area contributed by atoms with Crippen molar-refractivity contribution in [3.05, 3.63) is 24.3 Å². The minimum atomic E-state index is 0.182. The summed E-state index contributed by atoms with van der Waals surface area (Å²) in [5.74, 6) is 2.54. The van der Waals surface area contributed by atoms with Crippen LogP contribution < -0.4 is 5.32 Å². The second kappa shape index (κ2) is 5.40. The number of amides is 1. The molecular weight excluding hydrogens is 302 g/mol. The van der Waals surface area contributed by atoms with Gasteiger partial charge >= 0.3 is 0 Å². The lowest BCUT2D eigenvalue weighted by Gasteiger charge is -2.20. The Hall–Kier alpha value is -2.24. The molecule has 1 amide bonds. The molecule has 1 aromatic carbocycles. The molecule has 124 valence electrons. The molecule has 1 heterocycles. The van der Waals surface area contributed by atoms with E-state index in [1.54, 1.807) is 0 Å². The van der Waals surface area contributed by atoms with Crippen molar-refractivity contribution in [1.82, 2.24) is 20.2 Å². The number of nitrogens with zero attached hydrogens (tertiary/aromatic N) is 4. The quantitative estimate of drug-likeness (QED) is 0.938. The first-order chi connectivity index (χ1) is 11.8. The zero-order chi connectivity index (χ0) is 16.1. The van der Waals surface area contributed by atoms with Crippen molar-refractivity contribution in [3.8, 4) is 11.4 Å². The summed E-state index contributed by atoms with van der Waals surface area (Å²) >= 11 is 0. The molecule has 3 unspecified atom stereocenters. The molecule has 3 saturated carbocycles. The molecule has 2 bridgehead atoms. The van der Waals surface area contributed by atoms with E-state index >= 15 is 0 Å². The molecular formula is C18H21N5O. The van der Waals surface area contributed by atoms with Crippen LogP contribution in [0.2, 0.25) is 0 Å². The maximum absolute atomic E-state index is 12.6. The fraction of sp³-hybridized carbons (Fsp3) is 0.556. The molecule has 3 aliphatic carbocycles. The predicted octanol–water partition coefficient (Wildman–Crippen LogP) is 3.05. The number of anilines is 1.